The first-order valence-corrected chi connectivity index (χ1v) is 6.91. The molecule has 0 heterocycles. The summed E-state index contributed by atoms with van der Waals surface area (Å²) < 4.78 is 22.9. The first kappa shape index (κ1) is 16.5. The summed E-state index contributed by atoms with van der Waals surface area (Å²) in [5.74, 6) is -1.05. The Morgan fingerprint density at radius 1 is 1.13 bits per heavy atom. The largest absolute Gasteiger partial charge is 0.497 e. The molecule has 1 amide bonds. The van der Waals surface area contributed by atoms with Crippen LogP contribution in [0.5, 0.6) is 5.75 Å². The molecule has 2 aromatic carbocycles. The fourth-order valence-electron chi connectivity index (χ4n) is 1.86. The zero-order valence-corrected chi connectivity index (χ0v) is 12.5. The van der Waals surface area contributed by atoms with Crippen LogP contribution in [-0.2, 0) is 16.1 Å². The van der Waals surface area contributed by atoms with Crippen molar-refractivity contribution >= 4 is 11.9 Å². The van der Waals surface area contributed by atoms with E-state index in [4.69, 9.17) is 9.47 Å². The lowest BCUT2D eigenvalue weighted by atomic mass is 10.2. The van der Waals surface area contributed by atoms with E-state index in [-0.39, 0.29) is 12.1 Å². The number of esters is 1. The molecule has 0 spiro atoms. The van der Waals surface area contributed by atoms with Crippen LogP contribution in [0.3, 0.4) is 0 Å². The molecule has 23 heavy (non-hydrogen) atoms. The molecule has 2 aromatic rings. The fourth-order valence-corrected chi connectivity index (χ4v) is 1.86. The van der Waals surface area contributed by atoms with Crippen LogP contribution in [0.25, 0.3) is 0 Å². The van der Waals surface area contributed by atoms with E-state index in [1.54, 1.807) is 19.2 Å². The van der Waals surface area contributed by atoms with Crippen LogP contribution in [0.4, 0.5) is 4.39 Å². The van der Waals surface area contributed by atoms with E-state index in [9.17, 15) is 14.0 Å². The second-order valence-electron chi connectivity index (χ2n) is 4.71. The number of carbonyl (C=O) groups is 2. The number of hydrogen-bond acceptors (Lipinski definition) is 4. The Balaban J connectivity index is 1.79. The maximum Gasteiger partial charge on any atom is 0.338 e. The lowest BCUT2D eigenvalue weighted by Gasteiger charge is -2.08. The second-order valence-corrected chi connectivity index (χ2v) is 4.71. The molecule has 5 nitrogen and oxygen atoms in total. The molecule has 0 aliphatic rings. The van der Waals surface area contributed by atoms with Gasteiger partial charge < -0.3 is 14.8 Å². The van der Waals surface area contributed by atoms with E-state index >= 15 is 0 Å². The molecule has 0 aliphatic carbocycles. The predicted molar refractivity (Wildman–Crippen MR) is 81.5 cm³/mol. The van der Waals surface area contributed by atoms with Gasteiger partial charge in [0.2, 0.25) is 0 Å². The summed E-state index contributed by atoms with van der Waals surface area (Å²) in [5, 5.41) is 2.62. The quantitative estimate of drug-likeness (QED) is 0.830. The predicted octanol–water partition coefficient (Wildman–Crippen LogP) is 2.31. The first-order chi connectivity index (χ1) is 11.1. The number of halogens is 1. The van der Waals surface area contributed by atoms with Gasteiger partial charge >= 0.3 is 5.97 Å². The van der Waals surface area contributed by atoms with Crippen LogP contribution in [-0.4, -0.2) is 25.6 Å². The Bertz CT molecular complexity index is 702. The monoisotopic (exact) mass is 317 g/mol. The molecule has 2 rings (SSSR count). The third kappa shape index (κ3) is 5.10. The van der Waals surface area contributed by atoms with Crippen molar-refractivity contribution in [3.05, 3.63) is 65.5 Å². The van der Waals surface area contributed by atoms with Crippen molar-refractivity contribution in [1.29, 1.82) is 0 Å². The Morgan fingerprint density at radius 2 is 1.91 bits per heavy atom. The number of hydrogen-bond donors (Lipinski definition) is 1. The topological polar surface area (TPSA) is 64.6 Å². The van der Waals surface area contributed by atoms with Crippen molar-refractivity contribution in [3.8, 4) is 5.75 Å². The van der Waals surface area contributed by atoms with Gasteiger partial charge in [0.15, 0.2) is 6.61 Å². The number of nitrogens with one attached hydrogen (secondary N) is 1. The summed E-state index contributed by atoms with van der Waals surface area (Å²) in [5.41, 5.74) is 0.916. The maximum absolute atomic E-state index is 13.0. The van der Waals surface area contributed by atoms with E-state index in [0.29, 0.717) is 5.75 Å². The van der Waals surface area contributed by atoms with E-state index in [1.807, 2.05) is 12.1 Å². The van der Waals surface area contributed by atoms with Crippen LogP contribution in [0.2, 0.25) is 0 Å². The zero-order chi connectivity index (χ0) is 16.7. The summed E-state index contributed by atoms with van der Waals surface area (Å²) in [7, 11) is 1.56. The molecule has 0 aliphatic heterocycles. The minimum atomic E-state index is -0.749. The third-order valence-electron chi connectivity index (χ3n) is 3.02. The van der Waals surface area contributed by atoms with Crippen LogP contribution in [0.15, 0.2) is 48.5 Å². The Kier molecular flexibility index (Phi) is 5.68. The van der Waals surface area contributed by atoms with Gasteiger partial charge in [-0.1, -0.05) is 18.2 Å². The van der Waals surface area contributed by atoms with E-state index in [2.05, 4.69) is 5.32 Å². The van der Waals surface area contributed by atoms with E-state index in [0.717, 1.165) is 11.6 Å². The highest BCUT2D eigenvalue weighted by Gasteiger charge is 2.10. The van der Waals surface area contributed by atoms with Crippen LogP contribution >= 0.6 is 0 Å². The van der Waals surface area contributed by atoms with Gasteiger partial charge in [-0.2, -0.15) is 0 Å². The average Bonchev–Trinajstić information content (AvgIpc) is 2.58. The van der Waals surface area contributed by atoms with Crippen molar-refractivity contribution < 1.29 is 23.5 Å². The minimum absolute atomic E-state index is 0.0607. The van der Waals surface area contributed by atoms with E-state index in [1.165, 1.54) is 18.2 Å². The van der Waals surface area contributed by atoms with Crippen molar-refractivity contribution in [1.82, 2.24) is 5.32 Å². The summed E-state index contributed by atoms with van der Waals surface area (Å²) in [6, 6.07) is 12.3. The molecule has 0 fully saturated rings. The number of benzene rings is 2. The van der Waals surface area contributed by atoms with Crippen LogP contribution in [0.1, 0.15) is 15.9 Å². The molecule has 0 saturated carbocycles. The molecule has 0 bridgehead atoms. The molecule has 0 unspecified atom stereocenters. The standard InChI is InChI=1S/C17H16FNO4/c1-22-15-7-2-4-12(8-15)10-19-16(20)11-23-17(21)13-5-3-6-14(18)9-13/h2-9H,10-11H2,1H3,(H,19,20). The van der Waals surface area contributed by atoms with Gasteiger partial charge in [-0.05, 0) is 35.9 Å². The normalized spacial score (nSPS) is 10.0. The maximum atomic E-state index is 13.0. The van der Waals surface area contributed by atoms with Gasteiger partial charge in [-0.15, -0.1) is 0 Å². The SMILES string of the molecule is COc1cccc(CNC(=O)COC(=O)c2cccc(F)c2)c1. The Morgan fingerprint density at radius 3 is 2.65 bits per heavy atom. The fraction of sp³-hybridized carbons (Fsp3) is 0.176. The molecule has 0 saturated heterocycles. The molecular weight excluding hydrogens is 301 g/mol. The molecule has 0 aromatic heterocycles. The summed E-state index contributed by atoms with van der Waals surface area (Å²) in [6.07, 6.45) is 0. The van der Waals surface area contributed by atoms with Gasteiger partial charge in [0.25, 0.3) is 5.91 Å². The number of methoxy groups -OCH3 is 1. The first-order valence-electron chi connectivity index (χ1n) is 6.91. The number of amides is 1. The molecule has 6 heteroatoms. The van der Waals surface area contributed by atoms with Crippen molar-refractivity contribution in [2.75, 3.05) is 13.7 Å². The summed E-state index contributed by atoms with van der Waals surface area (Å²) in [4.78, 5) is 23.4. The number of carbonyl (C=O) groups excluding carboxylic acids is 2. The van der Waals surface area contributed by atoms with Gasteiger partial charge in [-0.25, -0.2) is 9.18 Å². The van der Waals surface area contributed by atoms with Crippen LogP contribution < -0.4 is 10.1 Å². The minimum Gasteiger partial charge on any atom is -0.497 e. The highest BCUT2D eigenvalue weighted by Crippen LogP contribution is 2.12. The molecule has 1 N–H and O–H groups in total. The molecule has 120 valence electrons. The Hall–Kier alpha value is -2.89. The lowest BCUT2D eigenvalue weighted by Crippen LogP contribution is -2.28. The van der Waals surface area contributed by atoms with E-state index < -0.39 is 24.3 Å². The van der Waals surface area contributed by atoms with Gasteiger partial charge in [0, 0.05) is 6.54 Å². The lowest BCUT2D eigenvalue weighted by molar-refractivity contribution is -0.124. The van der Waals surface area contributed by atoms with Crippen molar-refractivity contribution in [2.24, 2.45) is 0 Å². The van der Waals surface area contributed by atoms with Gasteiger partial charge in [0.05, 0.1) is 12.7 Å². The second kappa shape index (κ2) is 7.93. The zero-order valence-electron chi connectivity index (χ0n) is 12.5. The average molecular weight is 317 g/mol. The molecule has 0 atom stereocenters. The summed E-state index contributed by atoms with van der Waals surface area (Å²) >= 11 is 0. The van der Waals surface area contributed by atoms with Crippen molar-refractivity contribution in [2.45, 2.75) is 6.54 Å². The Labute approximate surface area is 133 Å². The van der Waals surface area contributed by atoms with Gasteiger partial charge in [0.1, 0.15) is 11.6 Å². The number of ether oxygens (including phenoxy) is 2. The number of rotatable bonds is 6. The van der Waals surface area contributed by atoms with Crippen molar-refractivity contribution in [3.63, 3.8) is 0 Å². The molecular formula is C17H16FNO4. The highest BCUT2D eigenvalue weighted by atomic mass is 19.1. The smallest absolute Gasteiger partial charge is 0.338 e. The van der Waals surface area contributed by atoms with Crippen LogP contribution in [0, 0.1) is 5.82 Å². The third-order valence-corrected chi connectivity index (χ3v) is 3.02. The summed E-state index contributed by atoms with van der Waals surface area (Å²) in [6.45, 7) is -0.146. The molecule has 0 radical (unpaired) electrons. The highest BCUT2D eigenvalue weighted by molar-refractivity contribution is 5.91. The van der Waals surface area contributed by atoms with Gasteiger partial charge in [-0.3, -0.25) is 4.79 Å².